The number of alkyl carbamates (subject to hydrolysis) is 1. The van der Waals surface area contributed by atoms with Crippen molar-refractivity contribution in [1.29, 1.82) is 0 Å². The molecule has 344 valence electrons. The lowest BCUT2D eigenvalue weighted by molar-refractivity contribution is -0.346. The predicted octanol–water partition coefficient (Wildman–Crippen LogP) is 3.44. The van der Waals surface area contributed by atoms with E-state index >= 15 is 4.79 Å². The first kappa shape index (κ1) is 47.3. The molecule has 2 heterocycles. The third-order valence-corrected chi connectivity index (χ3v) is 12.9. The van der Waals surface area contributed by atoms with E-state index in [1.807, 2.05) is 0 Å². The van der Waals surface area contributed by atoms with Gasteiger partial charge in [0.25, 0.3) is 0 Å². The molecule has 63 heavy (non-hydrogen) atoms. The summed E-state index contributed by atoms with van der Waals surface area (Å²) < 4.78 is 46.5. The molecule has 1 amide bonds. The Balaban J connectivity index is 1.52. The number of rotatable bonds is 12. The molecular formula is C45H57NO17. The molecule has 2 bridgehead atoms. The number of aliphatic hydroxyl groups excluding tert-OH is 2. The minimum Gasteiger partial charge on any atom is -0.467 e. The minimum absolute atomic E-state index is 0.0380. The smallest absolute Gasteiger partial charge is 0.408 e. The number of esters is 4. The molecule has 2 saturated carbocycles. The Morgan fingerprint density at radius 3 is 2.25 bits per heavy atom. The van der Waals surface area contributed by atoms with Crippen LogP contribution in [-0.2, 0) is 52.3 Å². The van der Waals surface area contributed by atoms with Crippen molar-refractivity contribution in [3.8, 4) is 0 Å². The van der Waals surface area contributed by atoms with Crippen molar-refractivity contribution < 1.29 is 81.7 Å². The number of ether oxygens (including phenoxy) is 7. The number of carbonyl (C=O) groups is 6. The van der Waals surface area contributed by atoms with Gasteiger partial charge in [-0.25, -0.2) is 19.2 Å². The number of hydrogen-bond donors (Lipinski definition) is 4. The highest BCUT2D eigenvalue weighted by Gasteiger charge is 2.78. The summed E-state index contributed by atoms with van der Waals surface area (Å²) in [6.07, 6.45) is -10.7. The summed E-state index contributed by atoms with van der Waals surface area (Å²) >= 11 is 0. The Bertz CT molecular complexity index is 2110. The van der Waals surface area contributed by atoms with E-state index in [1.54, 1.807) is 45.9 Å². The van der Waals surface area contributed by atoms with Gasteiger partial charge in [-0.1, -0.05) is 32.0 Å². The van der Waals surface area contributed by atoms with Gasteiger partial charge in [-0.05, 0) is 77.0 Å². The maximum absolute atomic E-state index is 15.4. The van der Waals surface area contributed by atoms with Crippen LogP contribution in [0.3, 0.4) is 0 Å². The fourth-order valence-electron chi connectivity index (χ4n) is 9.86. The fraction of sp³-hybridized carbons (Fsp3) is 0.600. The summed E-state index contributed by atoms with van der Waals surface area (Å²) in [5, 5.41) is 40.1. The van der Waals surface area contributed by atoms with Gasteiger partial charge in [-0.3, -0.25) is 9.59 Å². The first-order chi connectivity index (χ1) is 29.4. The number of hydrogen-bond acceptors (Lipinski definition) is 17. The van der Waals surface area contributed by atoms with Crippen LogP contribution in [0.2, 0.25) is 0 Å². The maximum atomic E-state index is 15.4. The number of carbonyl (C=O) groups excluding carboxylic acids is 6. The summed E-state index contributed by atoms with van der Waals surface area (Å²) in [5.41, 5.74) is -8.96. The number of fused-ring (bicyclic) bond motifs is 5. The molecule has 1 saturated heterocycles. The normalized spacial score (nSPS) is 31.9. The monoisotopic (exact) mass is 883 g/mol. The molecule has 1 unspecified atom stereocenters. The number of nitrogens with one attached hydrogen (secondary N) is 1. The zero-order chi connectivity index (χ0) is 46.4. The van der Waals surface area contributed by atoms with Crippen molar-refractivity contribution in [2.75, 3.05) is 19.8 Å². The van der Waals surface area contributed by atoms with Gasteiger partial charge < -0.3 is 58.2 Å². The number of amides is 1. The van der Waals surface area contributed by atoms with E-state index in [0.717, 1.165) is 6.92 Å². The van der Waals surface area contributed by atoms with Gasteiger partial charge in [0.1, 0.15) is 60.1 Å². The number of furan rings is 1. The summed E-state index contributed by atoms with van der Waals surface area (Å²) in [6.45, 7) is 12.9. The highest BCUT2D eigenvalue weighted by atomic mass is 16.6. The average Bonchev–Trinajstić information content (AvgIpc) is 3.74. The molecule has 0 radical (unpaired) electrons. The zero-order valence-corrected chi connectivity index (χ0v) is 36.8. The molecule has 11 atom stereocenters. The highest BCUT2D eigenvalue weighted by Crippen LogP contribution is 2.64. The topological polar surface area (TPSA) is 253 Å². The summed E-state index contributed by atoms with van der Waals surface area (Å²) in [4.78, 5) is 83.2. The van der Waals surface area contributed by atoms with Crippen molar-refractivity contribution in [1.82, 2.24) is 5.32 Å². The zero-order valence-electron chi connectivity index (χ0n) is 36.8. The highest BCUT2D eigenvalue weighted by molar-refractivity contribution is 5.94. The molecule has 2 aromatic rings. The van der Waals surface area contributed by atoms with Gasteiger partial charge in [-0.2, -0.15) is 0 Å². The lowest BCUT2D eigenvalue weighted by Gasteiger charge is -2.67. The van der Waals surface area contributed by atoms with Crippen molar-refractivity contribution in [2.45, 2.75) is 135 Å². The molecule has 6 rings (SSSR count). The van der Waals surface area contributed by atoms with Crippen LogP contribution in [-0.4, -0.2) is 124 Å². The van der Waals surface area contributed by atoms with E-state index in [9.17, 15) is 39.3 Å². The van der Waals surface area contributed by atoms with E-state index in [1.165, 1.54) is 58.2 Å². The molecule has 4 aliphatic rings. The lowest BCUT2D eigenvalue weighted by Crippen LogP contribution is -2.82. The predicted molar refractivity (Wildman–Crippen MR) is 216 cm³/mol. The first-order valence-electron chi connectivity index (χ1n) is 20.8. The molecular weight excluding hydrogens is 826 g/mol. The second kappa shape index (κ2) is 17.4. The quantitative estimate of drug-likeness (QED) is 0.135. The molecule has 4 N–H and O–H groups in total. The summed E-state index contributed by atoms with van der Waals surface area (Å²) in [7, 11) is 0. The first-order valence-corrected chi connectivity index (χ1v) is 20.8. The van der Waals surface area contributed by atoms with Gasteiger partial charge in [-0.15, -0.1) is 0 Å². The molecule has 1 aliphatic heterocycles. The van der Waals surface area contributed by atoms with E-state index < -0.39 is 125 Å². The van der Waals surface area contributed by atoms with Gasteiger partial charge in [0.05, 0.1) is 29.8 Å². The Hall–Kier alpha value is -5.14. The van der Waals surface area contributed by atoms with Crippen molar-refractivity contribution in [3.63, 3.8) is 0 Å². The van der Waals surface area contributed by atoms with E-state index in [2.05, 4.69) is 5.32 Å². The molecule has 18 nitrogen and oxygen atoms in total. The number of ketones is 1. The standard InChI is InChI=1S/C45H57NO17/c1-10-56-21-30(48)60-28-19-29-44(22-58-29,62-24(3)47)35-37(61-38(52)25-15-12-11-13-16-25)45(55)20-27(23(2)31(42(45,7)8)33(49)36(51)43(28,35)9)59-39(53)34(50)32(26-17-14-18-57-26)46-40(54)63-41(4,5)6/h11-18,27-29,32-35,37,49-50,55H,10,19-22H2,1-9H3,(H,46,54)/t27-,28-,29+,32-,33+,34+,35?,37-,43+,44-,45+/m0/s1. The summed E-state index contributed by atoms with van der Waals surface area (Å²) in [6, 6.07) is 9.10. The van der Waals surface area contributed by atoms with Crippen molar-refractivity contribution in [3.05, 3.63) is 71.2 Å². The van der Waals surface area contributed by atoms with Gasteiger partial charge in [0.2, 0.25) is 0 Å². The molecule has 3 fully saturated rings. The Kier molecular flexibility index (Phi) is 13.1. The third kappa shape index (κ3) is 8.50. The number of Topliss-reactive ketones (excluding diaryl/α,β-unsaturated/α-hetero) is 1. The summed E-state index contributed by atoms with van der Waals surface area (Å²) in [5.74, 6) is -6.54. The second-order valence-corrected chi connectivity index (χ2v) is 18.3. The van der Waals surface area contributed by atoms with Gasteiger partial charge >= 0.3 is 30.0 Å². The molecule has 0 spiro atoms. The molecule has 18 heteroatoms. The maximum Gasteiger partial charge on any atom is 0.408 e. The Morgan fingerprint density at radius 2 is 1.68 bits per heavy atom. The average molecular weight is 884 g/mol. The van der Waals surface area contributed by atoms with E-state index in [0.29, 0.717) is 0 Å². The largest absolute Gasteiger partial charge is 0.467 e. The third-order valence-electron chi connectivity index (χ3n) is 12.9. The van der Waals surface area contributed by atoms with Crippen molar-refractivity contribution >= 4 is 35.8 Å². The second-order valence-electron chi connectivity index (χ2n) is 18.3. The van der Waals surface area contributed by atoms with E-state index in [-0.39, 0.29) is 42.1 Å². The van der Waals surface area contributed by atoms with Crippen LogP contribution in [0.15, 0.2) is 64.3 Å². The fourth-order valence-corrected chi connectivity index (χ4v) is 9.86. The minimum atomic E-state index is -2.44. The van der Waals surface area contributed by atoms with Crippen LogP contribution in [0.25, 0.3) is 0 Å². The van der Waals surface area contributed by atoms with Crippen LogP contribution >= 0.6 is 0 Å². The van der Waals surface area contributed by atoms with Crippen molar-refractivity contribution in [2.24, 2.45) is 16.7 Å². The van der Waals surface area contributed by atoms with Crippen LogP contribution in [0, 0.1) is 16.7 Å². The number of aliphatic hydroxyl groups is 3. The molecule has 1 aromatic heterocycles. The van der Waals surface area contributed by atoms with Crippen LogP contribution in [0.4, 0.5) is 4.79 Å². The number of benzene rings is 1. The van der Waals surface area contributed by atoms with Gasteiger partial charge in [0, 0.05) is 31.8 Å². The lowest BCUT2D eigenvalue weighted by atomic mass is 9.44. The van der Waals surface area contributed by atoms with Crippen LogP contribution in [0.5, 0.6) is 0 Å². The van der Waals surface area contributed by atoms with E-state index in [4.69, 9.17) is 37.6 Å². The van der Waals surface area contributed by atoms with Crippen LogP contribution in [0.1, 0.15) is 97.3 Å². The van der Waals surface area contributed by atoms with Gasteiger partial charge in [0.15, 0.2) is 17.5 Å². The SMILES string of the molecule is CCOCC(=O)O[C@H]1C[C@H]2OC[C@@]2(OC(C)=O)C2[C@H](OC(=O)c3ccccc3)[C@]3(O)C[C@H](OC(=O)[C@H](O)[C@@H](NC(=O)OC(C)(C)C)c4ccco4)C(C)=C([C@@H](O)C(=O)[C@@]21C)C3(C)C. The Labute approximate surface area is 364 Å². The molecule has 1 aromatic carbocycles. The van der Waals surface area contributed by atoms with Crippen LogP contribution < -0.4 is 5.32 Å². The molecule has 3 aliphatic carbocycles. The Morgan fingerprint density at radius 1 is 1.00 bits per heavy atom.